The molecule has 0 amide bonds. The Bertz CT molecular complexity index is 520. The van der Waals surface area contributed by atoms with E-state index in [4.69, 9.17) is 10.5 Å². The average molecular weight is 254 g/mol. The summed E-state index contributed by atoms with van der Waals surface area (Å²) in [6.07, 6.45) is 7.23. The lowest BCUT2D eigenvalue weighted by Crippen LogP contribution is -2.13. The predicted octanol–water partition coefficient (Wildman–Crippen LogP) is 2.87. The zero-order valence-corrected chi connectivity index (χ0v) is 10.8. The number of rotatable bonds is 5. The third-order valence-corrected chi connectivity index (χ3v) is 3.34. The van der Waals surface area contributed by atoms with Gasteiger partial charge in [-0.2, -0.15) is 0 Å². The van der Waals surface area contributed by atoms with Gasteiger partial charge in [0.05, 0.1) is 6.10 Å². The Kier molecular flexibility index (Phi) is 3.47. The summed E-state index contributed by atoms with van der Waals surface area (Å²) in [5.74, 6) is 0.947. The van der Waals surface area contributed by atoms with Crippen molar-refractivity contribution in [3.05, 3.63) is 59.9 Å². The van der Waals surface area contributed by atoms with Gasteiger partial charge < -0.3 is 10.5 Å². The molecule has 1 fully saturated rings. The third-order valence-electron chi connectivity index (χ3n) is 3.34. The second-order valence-corrected chi connectivity index (χ2v) is 5.05. The van der Waals surface area contributed by atoms with Crippen molar-refractivity contribution in [3.63, 3.8) is 0 Å². The maximum atomic E-state index is 6.23. The van der Waals surface area contributed by atoms with Crippen molar-refractivity contribution < 1.29 is 4.74 Å². The van der Waals surface area contributed by atoms with Crippen LogP contribution in [0.5, 0.6) is 5.75 Å². The molecule has 2 aromatic rings. The number of hydrogen-bond acceptors (Lipinski definition) is 3. The molecule has 1 heterocycles. The molecule has 0 aliphatic heterocycles. The summed E-state index contributed by atoms with van der Waals surface area (Å²) in [4.78, 5) is 4.01. The van der Waals surface area contributed by atoms with E-state index >= 15 is 0 Å². The summed E-state index contributed by atoms with van der Waals surface area (Å²) in [6.45, 7) is 0. The summed E-state index contributed by atoms with van der Waals surface area (Å²) in [6, 6.07) is 12.2. The van der Waals surface area contributed by atoms with Gasteiger partial charge in [0.2, 0.25) is 0 Å². The van der Waals surface area contributed by atoms with E-state index in [1.54, 1.807) is 12.4 Å². The number of benzene rings is 1. The van der Waals surface area contributed by atoms with Gasteiger partial charge in [-0.3, -0.25) is 4.98 Å². The normalized spacial score (nSPS) is 16.1. The van der Waals surface area contributed by atoms with Crippen molar-refractivity contribution in [2.45, 2.75) is 31.4 Å². The monoisotopic (exact) mass is 254 g/mol. The van der Waals surface area contributed by atoms with Gasteiger partial charge in [-0.1, -0.05) is 12.1 Å². The standard InChI is InChI=1S/C16H18N2O/c17-16(11-12-7-9-18-10-8-12)13-1-3-14(4-2-13)19-15-5-6-15/h1-4,7-10,15-16H,5-6,11,17H2. The molecule has 0 radical (unpaired) electrons. The second-order valence-electron chi connectivity index (χ2n) is 5.05. The van der Waals surface area contributed by atoms with Gasteiger partial charge in [0.15, 0.2) is 0 Å². The van der Waals surface area contributed by atoms with Gasteiger partial charge in [-0.05, 0) is 54.7 Å². The van der Waals surface area contributed by atoms with Crippen LogP contribution in [0, 0.1) is 0 Å². The minimum atomic E-state index is 0.0115. The van der Waals surface area contributed by atoms with Gasteiger partial charge in [-0.15, -0.1) is 0 Å². The maximum Gasteiger partial charge on any atom is 0.119 e. The molecule has 1 saturated carbocycles. The van der Waals surface area contributed by atoms with E-state index in [2.05, 4.69) is 17.1 Å². The highest BCUT2D eigenvalue weighted by Gasteiger charge is 2.23. The van der Waals surface area contributed by atoms with Crippen LogP contribution in [0.4, 0.5) is 0 Å². The first-order valence-electron chi connectivity index (χ1n) is 6.72. The molecule has 19 heavy (non-hydrogen) atoms. The van der Waals surface area contributed by atoms with E-state index in [0.29, 0.717) is 6.10 Å². The molecular formula is C16H18N2O. The van der Waals surface area contributed by atoms with E-state index in [1.807, 2.05) is 24.3 Å². The molecule has 0 spiro atoms. The van der Waals surface area contributed by atoms with Crippen molar-refractivity contribution >= 4 is 0 Å². The van der Waals surface area contributed by atoms with Gasteiger partial charge >= 0.3 is 0 Å². The topological polar surface area (TPSA) is 48.1 Å². The molecule has 3 rings (SSSR count). The van der Waals surface area contributed by atoms with Crippen molar-refractivity contribution in [3.8, 4) is 5.75 Å². The fourth-order valence-corrected chi connectivity index (χ4v) is 2.06. The van der Waals surface area contributed by atoms with Gasteiger partial charge in [0.25, 0.3) is 0 Å². The zero-order valence-electron chi connectivity index (χ0n) is 10.8. The summed E-state index contributed by atoms with van der Waals surface area (Å²) in [5.41, 5.74) is 8.58. The molecule has 0 saturated heterocycles. The first-order chi connectivity index (χ1) is 9.31. The number of ether oxygens (including phenoxy) is 1. The average Bonchev–Trinajstić information content (AvgIpc) is 3.25. The van der Waals surface area contributed by atoms with Crippen LogP contribution in [0.1, 0.15) is 30.0 Å². The number of nitrogens with two attached hydrogens (primary N) is 1. The summed E-state index contributed by atoms with van der Waals surface area (Å²) >= 11 is 0. The van der Waals surface area contributed by atoms with Crippen molar-refractivity contribution in [1.29, 1.82) is 0 Å². The SMILES string of the molecule is NC(Cc1ccncc1)c1ccc(OC2CC2)cc1. The molecule has 1 atom stereocenters. The number of hydrogen-bond donors (Lipinski definition) is 1. The predicted molar refractivity (Wildman–Crippen MR) is 75.0 cm³/mol. The van der Waals surface area contributed by atoms with E-state index in [9.17, 15) is 0 Å². The van der Waals surface area contributed by atoms with Crippen LogP contribution >= 0.6 is 0 Å². The molecular weight excluding hydrogens is 236 g/mol. The fraction of sp³-hybridized carbons (Fsp3) is 0.312. The van der Waals surface area contributed by atoms with Crippen molar-refractivity contribution in [2.24, 2.45) is 5.73 Å². The Hall–Kier alpha value is -1.87. The summed E-state index contributed by atoms with van der Waals surface area (Å²) < 4.78 is 5.73. The second kappa shape index (κ2) is 5.41. The Morgan fingerprint density at radius 1 is 1.11 bits per heavy atom. The van der Waals surface area contributed by atoms with Gasteiger partial charge in [-0.25, -0.2) is 0 Å². The molecule has 1 unspecified atom stereocenters. The van der Waals surface area contributed by atoms with Gasteiger partial charge in [0, 0.05) is 18.4 Å². The Morgan fingerprint density at radius 3 is 2.42 bits per heavy atom. The first-order valence-corrected chi connectivity index (χ1v) is 6.72. The first kappa shape index (κ1) is 12.2. The van der Waals surface area contributed by atoms with E-state index < -0.39 is 0 Å². The van der Waals surface area contributed by atoms with Gasteiger partial charge in [0.1, 0.15) is 5.75 Å². The summed E-state index contributed by atoms with van der Waals surface area (Å²) in [7, 11) is 0. The highest BCUT2D eigenvalue weighted by molar-refractivity contribution is 5.30. The molecule has 2 N–H and O–H groups in total. The minimum absolute atomic E-state index is 0.0115. The van der Waals surface area contributed by atoms with Crippen LogP contribution in [0.3, 0.4) is 0 Å². The van der Waals surface area contributed by atoms with Crippen LogP contribution in [-0.2, 0) is 6.42 Å². The molecule has 1 aliphatic rings. The number of pyridine rings is 1. The van der Waals surface area contributed by atoms with Crippen LogP contribution in [0.2, 0.25) is 0 Å². The highest BCUT2D eigenvalue weighted by Crippen LogP contribution is 2.27. The van der Waals surface area contributed by atoms with Crippen LogP contribution in [-0.4, -0.2) is 11.1 Å². The van der Waals surface area contributed by atoms with Crippen LogP contribution in [0.15, 0.2) is 48.8 Å². The van der Waals surface area contributed by atoms with Crippen molar-refractivity contribution in [1.82, 2.24) is 4.98 Å². The molecule has 1 aromatic heterocycles. The quantitative estimate of drug-likeness (QED) is 0.892. The molecule has 3 heteroatoms. The highest BCUT2D eigenvalue weighted by atomic mass is 16.5. The molecule has 1 aromatic carbocycles. The maximum absolute atomic E-state index is 6.23. The minimum Gasteiger partial charge on any atom is -0.490 e. The number of nitrogens with zero attached hydrogens (tertiary/aromatic N) is 1. The third kappa shape index (κ3) is 3.32. The lowest BCUT2D eigenvalue weighted by Gasteiger charge is -2.13. The smallest absolute Gasteiger partial charge is 0.119 e. The molecule has 0 bridgehead atoms. The molecule has 1 aliphatic carbocycles. The number of aromatic nitrogens is 1. The lowest BCUT2D eigenvalue weighted by atomic mass is 10.0. The van der Waals surface area contributed by atoms with Crippen LogP contribution in [0.25, 0.3) is 0 Å². The Morgan fingerprint density at radius 2 is 1.79 bits per heavy atom. The van der Waals surface area contributed by atoms with Crippen LogP contribution < -0.4 is 10.5 Å². The van der Waals surface area contributed by atoms with E-state index in [0.717, 1.165) is 17.7 Å². The Labute approximate surface area is 113 Å². The zero-order chi connectivity index (χ0) is 13.1. The largest absolute Gasteiger partial charge is 0.490 e. The fourth-order valence-electron chi connectivity index (χ4n) is 2.06. The van der Waals surface area contributed by atoms with E-state index in [1.165, 1.54) is 18.4 Å². The van der Waals surface area contributed by atoms with Crippen molar-refractivity contribution in [2.75, 3.05) is 0 Å². The molecule has 3 nitrogen and oxygen atoms in total. The Balaban J connectivity index is 1.64. The summed E-state index contributed by atoms with van der Waals surface area (Å²) in [5, 5.41) is 0. The lowest BCUT2D eigenvalue weighted by molar-refractivity contribution is 0.303. The molecule has 98 valence electrons. The van der Waals surface area contributed by atoms with E-state index in [-0.39, 0.29) is 6.04 Å².